The van der Waals surface area contributed by atoms with Gasteiger partial charge in [0.1, 0.15) is 6.61 Å². The van der Waals surface area contributed by atoms with Crippen LogP contribution in [0.4, 0.5) is 0 Å². The number of methoxy groups -OCH3 is 1. The number of aromatic nitrogens is 2. The number of hydrogen-bond donors (Lipinski definition) is 0. The summed E-state index contributed by atoms with van der Waals surface area (Å²) < 4.78 is 13.1. The molecule has 0 aliphatic rings. The molecule has 0 amide bonds. The first-order valence-corrected chi connectivity index (χ1v) is 8.18. The van der Waals surface area contributed by atoms with E-state index in [-0.39, 0.29) is 0 Å². The second-order valence-corrected chi connectivity index (χ2v) is 5.51. The van der Waals surface area contributed by atoms with E-state index in [9.17, 15) is 0 Å². The average Bonchev–Trinajstić information content (AvgIpc) is 2.79. The van der Waals surface area contributed by atoms with Gasteiger partial charge in [-0.15, -0.1) is 0 Å². The summed E-state index contributed by atoms with van der Waals surface area (Å²) in [4.78, 5) is 0. The maximum atomic E-state index is 6.28. The van der Waals surface area contributed by atoms with Crippen LogP contribution >= 0.6 is 27.5 Å². The molecule has 0 aliphatic carbocycles. The van der Waals surface area contributed by atoms with Gasteiger partial charge in [0.05, 0.1) is 23.5 Å². The predicted octanol–water partition coefficient (Wildman–Crippen LogP) is 4.35. The summed E-state index contributed by atoms with van der Waals surface area (Å²) in [6, 6.07) is 5.85. The minimum absolute atomic E-state index is 0.359. The van der Waals surface area contributed by atoms with Crippen molar-refractivity contribution in [2.75, 3.05) is 7.11 Å². The fraction of sp³-hybridized carbons (Fsp3) is 0.400. The molecule has 0 spiro atoms. The molecular weight excluding hydrogens is 356 g/mol. The molecule has 21 heavy (non-hydrogen) atoms. The molecule has 114 valence electrons. The Kier molecular flexibility index (Phi) is 5.53. The molecule has 0 atom stereocenters. The van der Waals surface area contributed by atoms with Gasteiger partial charge < -0.3 is 9.47 Å². The number of halogens is 2. The zero-order valence-corrected chi connectivity index (χ0v) is 14.7. The Morgan fingerprint density at radius 2 is 2.10 bits per heavy atom. The van der Waals surface area contributed by atoms with Crippen molar-refractivity contribution in [1.82, 2.24) is 9.78 Å². The summed E-state index contributed by atoms with van der Waals surface area (Å²) in [6.07, 6.45) is 0. The fourth-order valence-corrected chi connectivity index (χ4v) is 2.61. The molecule has 1 aromatic carbocycles. The summed E-state index contributed by atoms with van der Waals surface area (Å²) in [7, 11) is 1.63. The van der Waals surface area contributed by atoms with E-state index in [0.717, 1.165) is 28.8 Å². The lowest BCUT2D eigenvalue weighted by molar-refractivity contribution is 0.274. The zero-order chi connectivity index (χ0) is 15.4. The van der Waals surface area contributed by atoms with Crippen molar-refractivity contribution in [3.63, 3.8) is 0 Å². The SMILES string of the molecule is CCn1nc(C)c(Cl)c1COc1ccc(CBr)cc1OC. The van der Waals surface area contributed by atoms with Gasteiger partial charge in [0.25, 0.3) is 0 Å². The zero-order valence-electron chi connectivity index (χ0n) is 12.3. The maximum absolute atomic E-state index is 6.28. The summed E-state index contributed by atoms with van der Waals surface area (Å²) in [5.41, 5.74) is 2.83. The second kappa shape index (κ2) is 7.18. The lowest BCUT2D eigenvalue weighted by Crippen LogP contribution is -2.07. The Hall–Kier alpha value is -1.20. The van der Waals surface area contributed by atoms with Gasteiger partial charge in [-0.1, -0.05) is 33.6 Å². The first kappa shape index (κ1) is 16.2. The molecule has 0 unspecified atom stereocenters. The normalized spacial score (nSPS) is 10.7. The molecule has 0 N–H and O–H groups in total. The van der Waals surface area contributed by atoms with Crippen LogP contribution in [0.1, 0.15) is 23.9 Å². The molecule has 0 bridgehead atoms. The van der Waals surface area contributed by atoms with E-state index in [1.165, 1.54) is 0 Å². The molecule has 1 aromatic heterocycles. The number of nitrogens with zero attached hydrogens (tertiary/aromatic N) is 2. The smallest absolute Gasteiger partial charge is 0.161 e. The van der Waals surface area contributed by atoms with Crippen molar-refractivity contribution >= 4 is 27.5 Å². The fourth-order valence-electron chi connectivity index (χ4n) is 2.07. The molecule has 4 nitrogen and oxygen atoms in total. The van der Waals surface area contributed by atoms with Gasteiger partial charge in [0.2, 0.25) is 0 Å². The Bertz CT molecular complexity index is 628. The Labute approximate surface area is 138 Å². The molecule has 2 rings (SSSR count). The van der Waals surface area contributed by atoms with Gasteiger partial charge in [-0.3, -0.25) is 4.68 Å². The van der Waals surface area contributed by atoms with E-state index in [1.807, 2.05) is 36.7 Å². The summed E-state index contributed by atoms with van der Waals surface area (Å²) >= 11 is 9.71. The van der Waals surface area contributed by atoms with Crippen molar-refractivity contribution in [3.05, 3.63) is 40.2 Å². The van der Waals surface area contributed by atoms with Crippen LogP contribution in [-0.4, -0.2) is 16.9 Å². The quantitative estimate of drug-likeness (QED) is 0.706. The minimum Gasteiger partial charge on any atom is -0.493 e. The third kappa shape index (κ3) is 3.52. The summed E-state index contributed by atoms with van der Waals surface area (Å²) in [5, 5.41) is 5.81. The average molecular weight is 374 g/mol. The van der Waals surface area contributed by atoms with E-state index in [0.29, 0.717) is 23.1 Å². The van der Waals surface area contributed by atoms with Gasteiger partial charge in [0.15, 0.2) is 11.5 Å². The molecule has 0 saturated carbocycles. The van der Waals surface area contributed by atoms with Crippen LogP contribution in [0, 0.1) is 6.92 Å². The second-order valence-electron chi connectivity index (χ2n) is 4.57. The standard InChI is InChI=1S/C15H18BrClN2O2/c1-4-19-12(15(17)10(2)18-19)9-21-13-6-5-11(8-16)7-14(13)20-3/h5-7H,4,8-9H2,1-3H3. The number of hydrogen-bond acceptors (Lipinski definition) is 3. The van der Waals surface area contributed by atoms with Crippen LogP contribution in [0.2, 0.25) is 5.02 Å². The maximum Gasteiger partial charge on any atom is 0.161 e. The van der Waals surface area contributed by atoms with Gasteiger partial charge in [-0.25, -0.2) is 0 Å². The Morgan fingerprint density at radius 1 is 1.33 bits per heavy atom. The van der Waals surface area contributed by atoms with E-state index < -0.39 is 0 Å². The van der Waals surface area contributed by atoms with Crippen LogP contribution < -0.4 is 9.47 Å². The number of rotatable bonds is 6. The number of benzene rings is 1. The summed E-state index contributed by atoms with van der Waals surface area (Å²) in [6.45, 7) is 5.03. The molecule has 2 aromatic rings. The minimum atomic E-state index is 0.359. The molecule has 0 radical (unpaired) electrons. The van der Waals surface area contributed by atoms with Gasteiger partial charge in [0, 0.05) is 11.9 Å². The van der Waals surface area contributed by atoms with E-state index in [1.54, 1.807) is 7.11 Å². The lowest BCUT2D eigenvalue weighted by Gasteiger charge is -2.12. The highest BCUT2D eigenvalue weighted by Gasteiger charge is 2.14. The number of aryl methyl sites for hydroxylation is 2. The Morgan fingerprint density at radius 3 is 2.71 bits per heavy atom. The molecule has 0 aliphatic heterocycles. The predicted molar refractivity (Wildman–Crippen MR) is 87.6 cm³/mol. The lowest BCUT2D eigenvalue weighted by atomic mass is 10.2. The van der Waals surface area contributed by atoms with Gasteiger partial charge >= 0.3 is 0 Å². The third-order valence-corrected chi connectivity index (χ3v) is 4.34. The largest absolute Gasteiger partial charge is 0.493 e. The number of alkyl halides is 1. The molecule has 0 saturated heterocycles. The highest BCUT2D eigenvalue weighted by molar-refractivity contribution is 9.08. The van der Waals surface area contributed by atoms with Crippen LogP contribution in [0.5, 0.6) is 11.5 Å². The molecule has 0 fully saturated rings. The molecule has 6 heteroatoms. The van der Waals surface area contributed by atoms with Crippen molar-refractivity contribution < 1.29 is 9.47 Å². The monoisotopic (exact) mass is 372 g/mol. The first-order valence-electron chi connectivity index (χ1n) is 6.68. The van der Waals surface area contributed by atoms with E-state index >= 15 is 0 Å². The van der Waals surface area contributed by atoms with Gasteiger partial charge in [-0.05, 0) is 31.5 Å². The van der Waals surface area contributed by atoms with E-state index in [2.05, 4.69) is 21.0 Å². The van der Waals surface area contributed by atoms with Crippen molar-refractivity contribution in [2.45, 2.75) is 32.3 Å². The topological polar surface area (TPSA) is 36.3 Å². The molecule has 1 heterocycles. The van der Waals surface area contributed by atoms with Crippen LogP contribution in [0.15, 0.2) is 18.2 Å². The molecular formula is C15H18BrClN2O2. The van der Waals surface area contributed by atoms with Crippen LogP contribution in [-0.2, 0) is 18.5 Å². The van der Waals surface area contributed by atoms with Crippen molar-refractivity contribution in [1.29, 1.82) is 0 Å². The third-order valence-electron chi connectivity index (χ3n) is 3.20. The first-order chi connectivity index (χ1) is 10.1. The Balaban J connectivity index is 2.20. The highest BCUT2D eigenvalue weighted by Crippen LogP contribution is 2.30. The number of ether oxygens (including phenoxy) is 2. The summed E-state index contributed by atoms with van der Waals surface area (Å²) in [5.74, 6) is 1.40. The highest BCUT2D eigenvalue weighted by atomic mass is 79.9. The van der Waals surface area contributed by atoms with Crippen molar-refractivity contribution in [3.8, 4) is 11.5 Å². The van der Waals surface area contributed by atoms with Crippen molar-refractivity contribution in [2.24, 2.45) is 0 Å². The van der Waals surface area contributed by atoms with Gasteiger partial charge in [-0.2, -0.15) is 5.10 Å². The van der Waals surface area contributed by atoms with Crippen LogP contribution in [0.3, 0.4) is 0 Å². The van der Waals surface area contributed by atoms with Crippen LogP contribution in [0.25, 0.3) is 0 Å². The van der Waals surface area contributed by atoms with E-state index in [4.69, 9.17) is 21.1 Å².